The van der Waals surface area contributed by atoms with Crippen molar-refractivity contribution in [3.05, 3.63) is 0 Å². The third-order valence-electron chi connectivity index (χ3n) is 3.08. The fourth-order valence-corrected chi connectivity index (χ4v) is 1.99. The molecule has 0 bridgehead atoms. The molecule has 2 heteroatoms. The van der Waals surface area contributed by atoms with Gasteiger partial charge in [-0.25, -0.2) is 0 Å². The van der Waals surface area contributed by atoms with Crippen LogP contribution < -0.4 is 5.32 Å². The Labute approximate surface area is 95.8 Å². The number of ether oxygens (including phenoxy) is 1. The molecule has 0 saturated carbocycles. The van der Waals surface area contributed by atoms with Gasteiger partial charge in [-0.05, 0) is 32.2 Å². The number of rotatable bonds is 10. The van der Waals surface area contributed by atoms with Crippen LogP contribution in [0.1, 0.15) is 53.4 Å². The van der Waals surface area contributed by atoms with Gasteiger partial charge in [0.15, 0.2) is 0 Å². The average molecular weight is 215 g/mol. The van der Waals surface area contributed by atoms with Crippen molar-refractivity contribution in [2.75, 3.05) is 19.8 Å². The van der Waals surface area contributed by atoms with E-state index in [9.17, 15) is 0 Å². The number of nitrogens with one attached hydrogen (secondary N) is 1. The monoisotopic (exact) mass is 215 g/mol. The maximum atomic E-state index is 5.42. The lowest BCUT2D eigenvalue weighted by atomic mass is 9.93. The van der Waals surface area contributed by atoms with Crippen LogP contribution in [0.3, 0.4) is 0 Å². The summed E-state index contributed by atoms with van der Waals surface area (Å²) < 4.78 is 5.42. The first-order valence-electron chi connectivity index (χ1n) is 6.59. The molecule has 1 N–H and O–H groups in total. The van der Waals surface area contributed by atoms with E-state index in [-0.39, 0.29) is 0 Å². The summed E-state index contributed by atoms with van der Waals surface area (Å²) in [5, 5.41) is 3.56. The molecule has 92 valence electrons. The maximum Gasteiger partial charge on any atom is 0.0480 e. The lowest BCUT2D eigenvalue weighted by molar-refractivity contribution is 0.133. The SMILES string of the molecule is CCNC(CCOCC)CC(CC)CC. The molecule has 0 fully saturated rings. The van der Waals surface area contributed by atoms with Gasteiger partial charge < -0.3 is 10.1 Å². The molecular weight excluding hydrogens is 186 g/mol. The maximum absolute atomic E-state index is 5.42. The second-order valence-electron chi connectivity index (χ2n) is 4.16. The van der Waals surface area contributed by atoms with E-state index in [0.717, 1.165) is 32.1 Å². The zero-order valence-corrected chi connectivity index (χ0v) is 11.0. The van der Waals surface area contributed by atoms with Gasteiger partial charge in [0.05, 0.1) is 0 Å². The molecule has 0 aromatic rings. The number of hydrogen-bond donors (Lipinski definition) is 1. The van der Waals surface area contributed by atoms with E-state index in [4.69, 9.17) is 4.74 Å². The third kappa shape index (κ3) is 7.80. The average Bonchev–Trinajstić information content (AvgIpc) is 2.26. The quantitative estimate of drug-likeness (QED) is 0.565. The van der Waals surface area contributed by atoms with Crippen molar-refractivity contribution in [2.45, 2.75) is 59.4 Å². The summed E-state index contributed by atoms with van der Waals surface area (Å²) in [7, 11) is 0. The van der Waals surface area contributed by atoms with Crippen LogP contribution in [-0.2, 0) is 4.74 Å². The molecule has 0 spiro atoms. The summed E-state index contributed by atoms with van der Waals surface area (Å²) in [5.74, 6) is 0.871. The fraction of sp³-hybridized carbons (Fsp3) is 1.00. The normalized spacial score (nSPS) is 13.4. The van der Waals surface area contributed by atoms with Crippen LogP contribution in [0, 0.1) is 5.92 Å². The van der Waals surface area contributed by atoms with Crippen LogP contribution in [0.15, 0.2) is 0 Å². The highest BCUT2D eigenvalue weighted by Crippen LogP contribution is 2.16. The standard InChI is InChI=1S/C13H29NO/c1-5-12(6-2)11-13(14-7-3)9-10-15-8-4/h12-14H,5-11H2,1-4H3. The predicted octanol–water partition coefficient (Wildman–Crippen LogP) is 3.22. The summed E-state index contributed by atoms with van der Waals surface area (Å²) in [4.78, 5) is 0. The van der Waals surface area contributed by atoms with Crippen LogP contribution in [0.25, 0.3) is 0 Å². The third-order valence-corrected chi connectivity index (χ3v) is 3.08. The van der Waals surface area contributed by atoms with Crippen LogP contribution >= 0.6 is 0 Å². The van der Waals surface area contributed by atoms with Crippen LogP contribution in [0.4, 0.5) is 0 Å². The minimum atomic E-state index is 0.645. The van der Waals surface area contributed by atoms with Gasteiger partial charge in [0.2, 0.25) is 0 Å². The van der Waals surface area contributed by atoms with Gasteiger partial charge in [-0.1, -0.05) is 33.6 Å². The molecule has 0 amide bonds. The first-order valence-corrected chi connectivity index (χ1v) is 6.59. The molecule has 2 nitrogen and oxygen atoms in total. The number of hydrogen-bond acceptors (Lipinski definition) is 2. The Morgan fingerprint density at radius 3 is 2.20 bits per heavy atom. The molecule has 1 atom stereocenters. The minimum Gasteiger partial charge on any atom is -0.382 e. The molecule has 0 radical (unpaired) electrons. The van der Waals surface area contributed by atoms with E-state index in [1.807, 2.05) is 0 Å². The second-order valence-corrected chi connectivity index (χ2v) is 4.16. The van der Waals surface area contributed by atoms with Crippen molar-refractivity contribution in [1.82, 2.24) is 5.32 Å². The minimum absolute atomic E-state index is 0.645. The van der Waals surface area contributed by atoms with Crippen molar-refractivity contribution in [3.63, 3.8) is 0 Å². The Balaban J connectivity index is 3.79. The summed E-state index contributed by atoms with van der Waals surface area (Å²) in [6, 6.07) is 0.645. The van der Waals surface area contributed by atoms with Gasteiger partial charge in [-0.15, -0.1) is 0 Å². The van der Waals surface area contributed by atoms with Gasteiger partial charge in [-0.3, -0.25) is 0 Å². The molecule has 0 rings (SSSR count). The smallest absolute Gasteiger partial charge is 0.0480 e. The zero-order valence-electron chi connectivity index (χ0n) is 11.0. The van der Waals surface area contributed by atoms with Crippen molar-refractivity contribution < 1.29 is 4.74 Å². The molecule has 0 saturated heterocycles. The highest BCUT2D eigenvalue weighted by atomic mass is 16.5. The molecule has 0 aliphatic rings. The van der Waals surface area contributed by atoms with E-state index in [0.29, 0.717) is 6.04 Å². The van der Waals surface area contributed by atoms with Gasteiger partial charge in [0.25, 0.3) is 0 Å². The van der Waals surface area contributed by atoms with E-state index < -0.39 is 0 Å². The summed E-state index contributed by atoms with van der Waals surface area (Å²) >= 11 is 0. The first kappa shape index (κ1) is 14.9. The van der Waals surface area contributed by atoms with Crippen LogP contribution in [-0.4, -0.2) is 25.8 Å². The largest absolute Gasteiger partial charge is 0.382 e. The summed E-state index contributed by atoms with van der Waals surface area (Å²) in [5.41, 5.74) is 0. The molecule has 0 heterocycles. The highest BCUT2D eigenvalue weighted by molar-refractivity contribution is 4.70. The van der Waals surface area contributed by atoms with Crippen LogP contribution in [0.2, 0.25) is 0 Å². The van der Waals surface area contributed by atoms with E-state index in [1.165, 1.54) is 19.3 Å². The first-order chi connectivity index (χ1) is 7.28. The van der Waals surface area contributed by atoms with Gasteiger partial charge in [-0.2, -0.15) is 0 Å². The highest BCUT2D eigenvalue weighted by Gasteiger charge is 2.12. The molecule has 0 aromatic carbocycles. The van der Waals surface area contributed by atoms with Crippen molar-refractivity contribution in [2.24, 2.45) is 5.92 Å². The van der Waals surface area contributed by atoms with E-state index in [2.05, 4.69) is 33.0 Å². The van der Waals surface area contributed by atoms with E-state index in [1.54, 1.807) is 0 Å². The Hall–Kier alpha value is -0.0800. The van der Waals surface area contributed by atoms with Crippen molar-refractivity contribution in [3.8, 4) is 0 Å². The van der Waals surface area contributed by atoms with E-state index >= 15 is 0 Å². The fourth-order valence-electron chi connectivity index (χ4n) is 1.99. The Bertz CT molecular complexity index is 124. The molecule has 0 aliphatic carbocycles. The predicted molar refractivity (Wildman–Crippen MR) is 67.3 cm³/mol. The lowest BCUT2D eigenvalue weighted by Gasteiger charge is -2.22. The van der Waals surface area contributed by atoms with Crippen LogP contribution in [0.5, 0.6) is 0 Å². The van der Waals surface area contributed by atoms with Gasteiger partial charge in [0.1, 0.15) is 0 Å². The summed E-state index contributed by atoms with van der Waals surface area (Å²) in [6.45, 7) is 11.6. The Morgan fingerprint density at radius 2 is 1.73 bits per heavy atom. The molecule has 0 aliphatic heterocycles. The van der Waals surface area contributed by atoms with Crippen molar-refractivity contribution >= 4 is 0 Å². The zero-order chi connectivity index (χ0) is 11.5. The second kappa shape index (κ2) is 10.4. The molecule has 1 unspecified atom stereocenters. The Morgan fingerprint density at radius 1 is 1.07 bits per heavy atom. The van der Waals surface area contributed by atoms with Gasteiger partial charge >= 0.3 is 0 Å². The topological polar surface area (TPSA) is 21.3 Å². The molecule has 0 aromatic heterocycles. The molecule has 15 heavy (non-hydrogen) atoms. The lowest BCUT2D eigenvalue weighted by Crippen LogP contribution is -2.32. The van der Waals surface area contributed by atoms with Crippen molar-refractivity contribution in [1.29, 1.82) is 0 Å². The Kier molecular flexibility index (Phi) is 10.4. The molecular formula is C13H29NO. The van der Waals surface area contributed by atoms with Gasteiger partial charge in [0, 0.05) is 19.3 Å². The summed E-state index contributed by atoms with van der Waals surface area (Å²) in [6.07, 6.45) is 5.05.